The molecule has 4 nitrogen and oxygen atoms in total. The number of carbonyl (C=O) groups excluding carboxylic acids is 1. The van der Waals surface area contributed by atoms with Crippen molar-refractivity contribution in [1.29, 1.82) is 0 Å². The maximum absolute atomic E-state index is 12.2. The highest BCUT2D eigenvalue weighted by atomic mass is 35.5. The third-order valence-electron chi connectivity index (χ3n) is 3.47. The number of amides is 1. The largest absolute Gasteiger partial charge is 0.358 e. The van der Waals surface area contributed by atoms with Gasteiger partial charge in [0.1, 0.15) is 0 Å². The Morgan fingerprint density at radius 1 is 1.57 bits per heavy atom. The second-order valence-corrected chi connectivity index (χ2v) is 6.88. The Hall–Kier alpha value is -1.33. The van der Waals surface area contributed by atoms with Crippen molar-refractivity contribution in [3.63, 3.8) is 0 Å². The van der Waals surface area contributed by atoms with Gasteiger partial charge in [-0.1, -0.05) is 17.7 Å². The fraction of sp³-hybridized carbons (Fsp3) is 0.467. The molecule has 2 N–H and O–H groups in total. The molecule has 1 aromatic rings. The van der Waals surface area contributed by atoms with Gasteiger partial charge < -0.3 is 15.5 Å². The predicted octanol–water partition coefficient (Wildman–Crippen LogP) is 3.03. The van der Waals surface area contributed by atoms with Crippen LogP contribution in [0.2, 0.25) is 5.02 Å². The lowest BCUT2D eigenvalue weighted by Crippen LogP contribution is -2.61. The Balaban J connectivity index is 1.98. The van der Waals surface area contributed by atoms with Gasteiger partial charge in [0.05, 0.1) is 6.54 Å². The molecular formula is C15H20ClN3OS. The number of benzene rings is 1. The number of hydrogen-bond donors (Lipinski definition) is 2. The van der Waals surface area contributed by atoms with Crippen LogP contribution >= 0.6 is 23.8 Å². The molecule has 1 saturated heterocycles. The standard InChI is InChI=1S/C15H20ClN3OS/c1-10-8-15(2,3)18-14(21)19(10)9-13(20)17-12-6-4-5-11(16)7-12/h4-7,10H,8-9H2,1-3H3,(H,17,20)(H,18,21). The molecule has 2 rings (SSSR count). The predicted molar refractivity (Wildman–Crippen MR) is 90.7 cm³/mol. The summed E-state index contributed by atoms with van der Waals surface area (Å²) in [4.78, 5) is 14.1. The SMILES string of the molecule is CC1CC(C)(C)NC(=S)N1CC(=O)Nc1cccc(Cl)c1. The van der Waals surface area contributed by atoms with E-state index in [0.29, 0.717) is 15.8 Å². The van der Waals surface area contributed by atoms with E-state index in [2.05, 4.69) is 31.4 Å². The van der Waals surface area contributed by atoms with E-state index in [-0.39, 0.29) is 24.0 Å². The highest BCUT2D eigenvalue weighted by Crippen LogP contribution is 2.22. The Morgan fingerprint density at radius 3 is 2.90 bits per heavy atom. The number of halogens is 1. The molecule has 1 fully saturated rings. The Bertz CT molecular complexity index is 562. The second-order valence-electron chi connectivity index (χ2n) is 6.05. The van der Waals surface area contributed by atoms with Crippen LogP contribution in [-0.4, -0.2) is 34.0 Å². The van der Waals surface area contributed by atoms with Crippen molar-refractivity contribution in [2.75, 3.05) is 11.9 Å². The number of anilines is 1. The summed E-state index contributed by atoms with van der Waals surface area (Å²) in [5.41, 5.74) is 0.660. The molecular weight excluding hydrogens is 306 g/mol. The summed E-state index contributed by atoms with van der Waals surface area (Å²) in [6, 6.07) is 7.32. The lowest BCUT2D eigenvalue weighted by atomic mass is 9.93. The van der Waals surface area contributed by atoms with Gasteiger partial charge in [-0.2, -0.15) is 0 Å². The van der Waals surface area contributed by atoms with Gasteiger partial charge in [0.2, 0.25) is 5.91 Å². The molecule has 0 aromatic heterocycles. The zero-order chi connectivity index (χ0) is 15.6. The minimum Gasteiger partial charge on any atom is -0.358 e. The zero-order valence-electron chi connectivity index (χ0n) is 12.4. The number of nitrogens with one attached hydrogen (secondary N) is 2. The summed E-state index contributed by atoms with van der Waals surface area (Å²) >= 11 is 11.3. The van der Waals surface area contributed by atoms with E-state index in [9.17, 15) is 4.79 Å². The highest BCUT2D eigenvalue weighted by molar-refractivity contribution is 7.80. The summed E-state index contributed by atoms with van der Waals surface area (Å²) in [6.07, 6.45) is 0.928. The van der Waals surface area contributed by atoms with Gasteiger partial charge in [0.25, 0.3) is 0 Å². The summed E-state index contributed by atoms with van der Waals surface area (Å²) in [5, 5.41) is 7.33. The van der Waals surface area contributed by atoms with Crippen LogP contribution in [0.5, 0.6) is 0 Å². The smallest absolute Gasteiger partial charge is 0.243 e. The molecule has 0 saturated carbocycles. The fourth-order valence-electron chi connectivity index (χ4n) is 2.61. The van der Waals surface area contributed by atoms with Gasteiger partial charge >= 0.3 is 0 Å². The van der Waals surface area contributed by atoms with E-state index in [1.807, 2.05) is 11.0 Å². The molecule has 0 spiro atoms. The minimum absolute atomic E-state index is 0.0313. The molecule has 1 aliphatic heterocycles. The monoisotopic (exact) mass is 325 g/mol. The normalized spacial score (nSPS) is 20.9. The first-order chi connectivity index (χ1) is 9.77. The van der Waals surface area contributed by atoms with Crippen molar-refractivity contribution in [1.82, 2.24) is 10.2 Å². The Kier molecular flexibility index (Phi) is 4.74. The molecule has 0 bridgehead atoms. The van der Waals surface area contributed by atoms with E-state index in [4.69, 9.17) is 23.8 Å². The third-order valence-corrected chi connectivity index (χ3v) is 4.04. The Labute approximate surface area is 135 Å². The van der Waals surface area contributed by atoms with Crippen molar-refractivity contribution in [2.24, 2.45) is 0 Å². The van der Waals surface area contributed by atoms with Crippen LogP contribution in [0.1, 0.15) is 27.2 Å². The molecule has 1 heterocycles. The van der Waals surface area contributed by atoms with Gasteiger partial charge in [-0.05, 0) is 57.6 Å². The number of hydrogen-bond acceptors (Lipinski definition) is 2. The molecule has 114 valence electrons. The van der Waals surface area contributed by atoms with E-state index < -0.39 is 0 Å². The van der Waals surface area contributed by atoms with Gasteiger partial charge in [-0.15, -0.1) is 0 Å². The van der Waals surface area contributed by atoms with Crippen LogP contribution in [0.15, 0.2) is 24.3 Å². The van der Waals surface area contributed by atoms with E-state index in [1.165, 1.54) is 0 Å². The first-order valence-corrected chi connectivity index (χ1v) is 7.70. The van der Waals surface area contributed by atoms with Gasteiger partial charge in [-0.3, -0.25) is 4.79 Å². The van der Waals surface area contributed by atoms with Gasteiger partial charge in [0, 0.05) is 22.3 Å². The molecule has 0 radical (unpaired) electrons. The van der Waals surface area contributed by atoms with Crippen LogP contribution < -0.4 is 10.6 Å². The van der Waals surface area contributed by atoms with E-state index in [0.717, 1.165) is 6.42 Å². The second kappa shape index (κ2) is 6.20. The summed E-state index contributed by atoms with van der Waals surface area (Å²) in [6.45, 7) is 6.54. The highest BCUT2D eigenvalue weighted by Gasteiger charge is 2.33. The number of carbonyl (C=O) groups is 1. The molecule has 0 aliphatic carbocycles. The Morgan fingerprint density at radius 2 is 2.29 bits per heavy atom. The quantitative estimate of drug-likeness (QED) is 0.838. The molecule has 1 aliphatic rings. The number of rotatable bonds is 3. The third kappa shape index (κ3) is 4.32. The zero-order valence-corrected chi connectivity index (χ0v) is 14.0. The first kappa shape index (κ1) is 16.0. The minimum atomic E-state index is -0.104. The molecule has 1 amide bonds. The van der Waals surface area contributed by atoms with Crippen LogP contribution in [0.3, 0.4) is 0 Å². The van der Waals surface area contributed by atoms with Crippen molar-refractivity contribution >= 4 is 40.5 Å². The average molecular weight is 326 g/mol. The molecule has 1 unspecified atom stereocenters. The van der Waals surface area contributed by atoms with E-state index in [1.54, 1.807) is 18.2 Å². The number of nitrogens with zero attached hydrogens (tertiary/aromatic N) is 1. The molecule has 6 heteroatoms. The van der Waals surface area contributed by atoms with Crippen LogP contribution in [0, 0.1) is 0 Å². The fourth-order valence-corrected chi connectivity index (χ4v) is 3.32. The first-order valence-electron chi connectivity index (χ1n) is 6.91. The summed E-state index contributed by atoms with van der Waals surface area (Å²) < 4.78 is 0. The maximum Gasteiger partial charge on any atom is 0.243 e. The van der Waals surface area contributed by atoms with Crippen molar-refractivity contribution < 1.29 is 4.79 Å². The van der Waals surface area contributed by atoms with Crippen molar-refractivity contribution in [3.05, 3.63) is 29.3 Å². The van der Waals surface area contributed by atoms with Gasteiger partial charge in [0.15, 0.2) is 5.11 Å². The maximum atomic E-state index is 12.2. The average Bonchev–Trinajstić information content (AvgIpc) is 2.32. The van der Waals surface area contributed by atoms with Crippen LogP contribution in [0.25, 0.3) is 0 Å². The summed E-state index contributed by atoms with van der Waals surface area (Å²) in [7, 11) is 0. The van der Waals surface area contributed by atoms with Crippen LogP contribution in [0.4, 0.5) is 5.69 Å². The topological polar surface area (TPSA) is 44.4 Å². The van der Waals surface area contributed by atoms with Gasteiger partial charge in [-0.25, -0.2) is 0 Å². The van der Waals surface area contributed by atoms with Crippen molar-refractivity contribution in [3.8, 4) is 0 Å². The summed E-state index contributed by atoms with van der Waals surface area (Å²) in [5.74, 6) is -0.104. The van der Waals surface area contributed by atoms with E-state index >= 15 is 0 Å². The lowest BCUT2D eigenvalue weighted by molar-refractivity contribution is -0.117. The lowest BCUT2D eigenvalue weighted by Gasteiger charge is -2.44. The van der Waals surface area contributed by atoms with Crippen molar-refractivity contribution in [2.45, 2.75) is 38.8 Å². The van der Waals surface area contributed by atoms with Crippen LogP contribution in [-0.2, 0) is 4.79 Å². The molecule has 21 heavy (non-hydrogen) atoms. The molecule has 1 atom stereocenters. The number of thiocarbonyl (C=S) groups is 1. The molecule has 1 aromatic carbocycles.